The van der Waals surface area contributed by atoms with Crippen molar-refractivity contribution < 1.29 is 0 Å². The average molecular weight is 218 g/mol. The highest BCUT2D eigenvalue weighted by atomic mass is 14.3. The minimum Gasteiger partial charge on any atom is -0.0873 e. The van der Waals surface area contributed by atoms with Gasteiger partial charge in [0.2, 0.25) is 0 Å². The van der Waals surface area contributed by atoms with E-state index in [4.69, 9.17) is 0 Å². The van der Waals surface area contributed by atoms with Crippen LogP contribution in [0.25, 0.3) is 11.1 Å². The first kappa shape index (κ1) is 9.23. The van der Waals surface area contributed by atoms with E-state index in [0.717, 1.165) is 0 Å². The zero-order valence-electron chi connectivity index (χ0n) is 9.69. The Bertz CT molecular complexity index is 620. The SMILES string of the molecule is C1=CC2c3ccccc3-c3cccc(c32)CC1. The molecule has 0 N–H and O–H groups in total. The molecule has 0 aromatic heterocycles. The summed E-state index contributed by atoms with van der Waals surface area (Å²) in [5.41, 5.74) is 7.46. The first-order valence-electron chi connectivity index (χ1n) is 6.33. The van der Waals surface area contributed by atoms with Gasteiger partial charge < -0.3 is 0 Å². The predicted octanol–water partition coefficient (Wildman–Crippen LogP) is 4.30. The number of aryl methyl sites for hydroxylation is 1. The standard InChI is InChI=1S/C17H14/c1-2-10-15-13-8-3-4-9-14(13)16-11-5-7-12(6-1)17(15)16/h2-5,7-11,15H,1,6H2. The van der Waals surface area contributed by atoms with Gasteiger partial charge >= 0.3 is 0 Å². The minimum atomic E-state index is 0.500. The molecule has 0 saturated heterocycles. The van der Waals surface area contributed by atoms with Crippen LogP contribution in [0.3, 0.4) is 0 Å². The van der Waals surface area contributed by atoms with E-state index in [1.807, 2.05) is 0 Å². The molecule has 1 atom stereocenters. The molecule has 2 aliphatic carbocycles. The van der Waals surface area contributed by atoms with Gasteiger partial charge in [-0.3, -0.25) is 0 Å². The highest BCUT2D eigenvalue weighted by Crippen LogP contribution is 2.47. The smallest absolute Gasteiger partial charge is 0.0284 e. The topological polar surface area (TPSA) is 0 Å². The molecule has 82 valence electrons. The van der Waals surface area contributed by atoms with Crippen molar-refractivity contribution in [1.82, 2.24) is 0 Å². The third-order valence-electron chi connectivity index (χ3n) is 4.00. The van der Waals surface area contributed by atoms with Gasteiger partial charge in [0.25, 0.3) is 0 Å². The van der Waals surface area contributed by atoms with Crippen LogP contribution >= 0.6 is 0 Å². The van der Waals surface area contributed by atoms with Gasteiger partial charge in [-0.05, 0) is 40.7 Å². The van der Waals surface area contributed by atoms with Crippen LogP contribution in [0.1, 0.15) is 29.0 Å². The summed E-state index contributed by atoms with van der Waals surface area (Å²) in [5.74, 6) is 0.500. The maximum Gasteiger partial charge on any atom is 0.0284 e. The Morgan fingerprint density at radius 3 is 2.76 bits per heavy atom. The van der Waals surface area contributed by atoms with Gasteiger partial charge in [0.05, 0.1) is 0 Å². The van der Waals surface area contributed by atoms with E-state index in [9.17, 15) is 0 Å². The quantitative estimate of drug-likeness (QED) is 0.578. The molecule has 0 amide bonds. The van der Waals surface area contributed by atoms with Gasteiger partial charge in [0, 0.05) is 5.92 Å². The number of hydrogen-bond donors (Lipinski definition) is 0. The Hall–Kier alpha value is -1.82. The van der Waals surface area contributed by atoms with Crippen molar-refractivity contribution in [3.63, 3.8) is 0 Å². The van der Waals surface area contributed by atoms with Crippen molar-refractivity contribution in [2.45, 2.75) is 18.8 Å². The molecule has 4 rings (SSSR count). The molecule has 0 nitrogen and oxygen atoms in total. The van der Waals surface area contributed by atoms with Crippen molar-refractivity contribution in [2.24, 2.45) is 0 Å². The van der Waals surface area contributed by atoms with E-state index in [1.165, 1.54) is 35.1 Å². The molecular weight excluding hydrogens is 204 g/mol. The van der Waals surface area contributed by atoms with E-state index in [1.54, 1.807) is 5.56 Å². The number of allylic oxidation sites excluding steroid dienone is 2. The molecule has 2 aromatic rings. The van der Waals surface area contributed by atoms with Crippen LogP contribution in [0.2, 0.25) is 0 Å². The van der Waals surface area contributed by atoms with Crippen molar-refractivity contribution >= 4 is 0 Å². The van der Waals surface area contributed by atoms with E-state index in [-0.39, 0.29) is 0 Å². The molecule has 2 aromatic carbocycles. The molecule has 0 heterocycles. The second-order valence-corrected chi connectivity index (χ2v) is 4.91. The zero-order valence-corrected chi connectivity index (χ0v) is 9.69. The summed E-state index contributed by atoms with van der Waals surface area (Å²) in [5, 5.41) is 0. The van der Waals surface area contributed by atoms with Crippen molar-refractivity contribution in [1.29, 1.82) is 0 Å². The van der Waals surface area contributed by atoms with Crippen LogP contribution in [0.4, 0.5) is 0 Å². The molecular formula is C17H14. The van der Waals surface area contributed by atoms with Gasteiger partial charge in [0.1, 0.15) is 0 Å². The molecule has 0 bridgehead atoms. The zero-order chi connectivity index (χ0) is 11.2. The van der Waals surface area contributed by atoms with E-state index >= 15 is 0 Å². The molecule has 2 aliphatic rings. The summed E-state index contributed by atoms with van der Waals surface area (Å²) >= 11 is 0. The Labute approximate surface area is 102 Å². The molecule has 0 aliphatic heterocycles. The third kappa shape index (κ3) is 1.18. The Kier molecular flexibility index (Phi) is 1.81. The summed E-state index contributed by atoms with van der Waals surface area (Å²) in [6.07, 6.45) is 7.09. The lowest BCUT2D eigenvalue weighted by molar-refractivity contribution is 0.993. The van der Waals surface area contributed by atoms with E-state index < -0.39 is 0 Å². The Morgan fingerprint density at radius 2 is 1.76 bits per heavy atom. The normalized spacial score (nSPS) is 19.6. The molecule has 1 unspecified atom stereocenters. The Balaban J connectivity index is 2.10. The molecule has 17 heavy (non-hydrogen) atoms. The van der Waals surface area contributed by atoms with Crippen molar-refractivity contribution in [2.75, 3.05) is 0 Å². The maximum absolute atomic E-state index is 2.39. The number of benzene rings is 2. The first-order valence-corrected chi connectivity index (χ1v) is 6.33. The predicted molar refractivity (Wildman–Crippen MR) is 71.2 cm³/mol. The fourth-order valence-corrected chi connectivity index (χ4v) is 3.27. The largest absolute Gasteiger partial charge is 0.0873 e. The van der Waals surface area contributed by atoms with E-state index in [0.29, 0.717) is 5.92 Å². The molecule has 0 radical (unpaired) electrons. The highest BCUT2D eigenvalue weighted by molar-refractivity contribution is 5.81. The van der Waals surface area contributed by atoms with Crippen LogP contribution < -0.4 is 0 Å². The second-order valence-electron chi connectivity index (χ2n) is 4.91. The summed E-state index contributed by atoms with van der Waals surface area (Å²) in [6.45, 7) is 0. The fraction of sp³-hybridized carbons (Fsp3) is 0.176. The minimum absolute atomic E-state index is 0.500. The monoisotopic (exact) mass is 218 g/mol. The lowest BCUT2D eigenvalue weighted by Gasteiger charge is -2.10. The lowest BCUT2D eigenvalue weighted by Crippen LogP contribution is -1.95. The van der Waals surface area contributed by atoms with E-state index in [2.05, 4.69) is 54.6 Å². The summed E-state index contributed by atoms with van der Waals surface area (Å²) in [4.78, 5) is 0. The summed E-state index contributed by atoms with van der Waals surface area (Å²) < 4.78 is 0. The molecule has 0 fully saturated rings. The van der Waals surface area contributed by atoms with Crippen LogP contribution in [-0.4, -0.2) is 0 Å². The summed E-state index contributed by atoms with van der Waals surface area (Å²) in [6, 6.07) is 15.6. The van der Waals surface area contributed by atoms with Gasteiger partial charge in [0.15, 0.2) is 0 Å². The number of rotatable bonds is 0. The third-order valence-corrected chi connectivity index (χ3v) is 4.00. The Morgan fingerprint density at radius 1 is 0.882 bits per heavy atom. The van der Waals surface area contributed by atoms with Crippen LogP contribution in [0.15, 0.2) is 54.6 Å². The van der Waals surface area contributed by atoms with Crippen LogP contribution in [0, 0.1) is 0 Å². The summed E-state index contributed by atoms with van der Waals surface area (Å²) in [7, 11) is 0. The van der Waals surface area contributed by atoms with Crippen LogP contribution in [-0.2, 0) is 6.42 Å². The fourth-order valence-electron chi connectivity index (χ4n) is 3.27. The highest BCUT2D eigenvalue weighted by Gasteiger charge is 2.29. The number of fused-ring (bicyclic) bond motifs is 3. The second kappa shape index (κ2) is 3.33. The average Bonchev–Trinajstić information content (AvgIpc) is 2.56. The molecule has 0 heteroatoms. The van der Waals surface area contributed by atoms with Gasteiger partial charge in [-0.2, -0.15) is 0 Å². The van der Waals surface area contributed by atoms with Gasteiger partial charge in [-0.1, -0.05) is 54.6 Å². The van der Waals surface area contributed by atoms with Gasteiger partial charge in [-0.25, -0.2) is 0 Å². The maximum atomic E-state index is 2.39. The molecule has 0 spiro atoms. The van der Waals surface area contributed by atoms with Gasteiger partial charge in [-0.15, -0.1) is 0 Å². The lowest BCUT2D eigenvalue weighted by atomic mass is 9.93. The van der Waals surface area contributed by atoms with Crippen LogP contribution in [0.5, 0.6) is 0 Å². The number of hydrogen-bond acceptors (Lipinski definition) is 0. The molecule has 0 saturated carbocycles. The van der Waals surface area contributed by atoms with Crippen molar-refractivity contribution in [3.05, 3.63) is 71.3 Å². The first-order chi connectivity index (χ1) is 8.45. The van der Waals surface area contributed by atoms with Crippen molar-refractivity contribution in [3.8, 4) is 11.1 Å².